The number of halogens is 1. The number of amides is 2. The molecule has 7 heteroatoms. The zero-order chi connectivity index (χ0) is 15.9. The van der Waals surface area contributed by atoms with Crippen LogP contribution in [0.4, 0.5) is 4.79 Å². The fourth-order valence-corrected chi connectivity index (χ4v) is 1.52. The SMILES string of the molecule is CON(C)C(=O)[C@H](C/C=C(/C)I)NC(=O)OC(C)(C)C. The van der Waals surface area contributed by atoms with Gasteiger partial charge in [-0.1, -0.05) is 6.08 Å². The Kier molecular flexibility index (Phi) is 8.10. The molecule has 0 bridgehead atoms. The van der Waals surface area contributed by atoms with Gasteiger partial charge in [0.05, 0.1) is 7.11 Å². The summed E-state index contributed by atoms with van der Waals surface area (Å²) in [6.07, 6.45) is 1.62. The average molecular weight is 398 g/mol. The molecule has 0 heterocycles. The number of hydroxylamine groups is 2. The van der Waals surface area contributed by atoms with Gasteiger partial charge >= 0.3 is 6.09 Å². The second kappa shape index (κ2) is 8.46. The summed E-state index contributed by atoms with van der Waals surface area (Å²) in [5, 5.41) is 3.65. The van der Waals surface area contributed by atoms with E-state index in [-0.39, 0.29) is 5.91 Å². The van der Waals surface area contributed by atoms with Crippen LogP contribution >= 0.6 is 22.6 Å². The van der Waals surface area contributed by atoms with Crippen LogP contribution in [0.2, 0.25) is 0 Å². The molecule has 0 spiro atoms. The van der Waals surface area contributed by atoms with Crippen molar-refractivity contribution in [2.24, 2.45) is 0 Å². The van der Waals surface area contributed by atoms with Crippen LogP contribution in [0, 0.1) is 0 Å². The molecule has 0 aliphatic heterocycles. The molecule has 0 unspecified atom stereocenters. The maximum absolute atomic E-state index is 12.1. The summed E-state index contributed by atoms with van der Waals surface area (Å²) in [4.78, 5) is 28.7. The maximum atomic E-state index is 12.1. The third-order valence-corrected chi connectivity index (χ3v) is 2.65. The van der Waals surface area contributed by atoms with E-state index in [9.17, 15) is 9.59 Å². The normalized spacial score (nSPS) is 13.7. The highest BCUT2D eigenvalue weighted by molar-refractivity contribution is 14.1. The summed E-state index contributed by atoms with van der Waals surface area (Å²) >= 11 is 2.14. The van der Waals surface area contributed by atoms with Gasteiger partial charge in [-0.15, -0.1) is 0 Å². The van der Waals surface area contributed by atoms with E-state index in [2.05, 4.69) is 27.9 Å². The zero-order valence-electron chi connectivity index (χ0n) is 12.8. The number of alkyl carbamates (subject to hydrolysis) is 1. The van der Waals surface area contributed by atoms with Gasteiger partial charge in [-0.3, -0.25) is 9.63 Å². The van der Waals surface area contributed by atoms with Crippen molar-refractivity contribution in [3.8, 4) is 0 Å². The van der Waals surface area contributed by atoms with Crippen molar-refractivity contribution in [1.29, 1.82) is 0 Å². The lowest BCUT2D eigenvalue weighted by Crippen LogP contribution is -2.48. The van der Waals surface area contributed by atoms with Crippen molar-refractivity contribution < 1.29 is 19.2 Å². The Morgan fingerprint density at radius 1 is 1.40 bits per heavy atom. The number of carbonyl (C=O) groups excluding carboxylic acids is 2. The Balaban J connectivity index is 4.81. The van der Waals surface area contributed by atoms with E-state index in [1.807, 2.05) is 13.0 Å². The van der Waals surface area contributed by atoms with Crippen LogP contribution in [0.5, 0.6) is 0 Å². The number of rotatable bonds is 5. The van der Waals surface area contributed by atoms with Gasteiger partial charge in [0.25, 0.3) is 5.91 Å². The first-order chi connectivity index (χ1) is 9.06. The van der Waals surface area contributed by atoms with Crippen molar-refractivity contribution in [2.45, 2.75) is 45.8 Å². The number of ether oxygens (including phenoxy) is 1. The molecule has 6 nitrogen and oxygen atoms in total. The quantitative estimate of drug-likeness (QED) is 0.571. The van der Waals surface area contributed by atoms with E-state index in [1.54, 1.807) is 20.8 Å². The number of likely N-dealkylation sites (N-methyl/N-ethyl adjacent to an activating group) is 1. The average Bonchev–Trinajstić information content (AvgIpc) is 2.29. The van der Waals surface area contributed by atoms with Crippen LogP contribution in [0.15, 0.2) is 9.66 Å². The van der Waals surface area contributed by atoms with E-state index in [1.165, 1.54) is 14.2 Å². The molecule has 0 fully saturated rings. The van der Waals surface area contributed by atoms with Crippen LogP contribution in [-0.2, 0) is 14.4 Å². The highest BCUT2D eigenvalue weighted by atomic mass is 127. The zero-order valence-corrected chi connectivity index (χ0v) is 15.0. The van der Waals surface area contributed by atoms with Gasteiger partial charge in [-0.2, -0.15) is 0 Å². The molecule has 116 valence electrons. The van der Waals surface area contributed by atoms with Gasteiger partial charge in [0.2, 0.25) is 0 Å². The van der Waals surface area contributed by atoms with Crippen molar-refractivity contribution >= 4 is 34.6 Å². The van der Waals surface area contributed by atoms with E-state index in [0.717, 1.165) is 8.64 Å². The van der Waals surface area contributed by atoms with Crippen molar-refractivity contribution in [3.05, 3.63) is 9.66 Å². The summed E-state index contributed by atoms with van der Waals surface area (Å²) in [5.74, 6) is -0.341. The first-order valence-corrected chi connectivity index (χ1v) is 7.28. The molecule has 0 saturated carbocycles. The first-order valence-electron chi connectivity index (χ1n) is 6.20. The number of hydrogen-bond donors (Lipinski definition) is 1. The molecule has 0 aromatic heterocycles. The molecule has 1 N–H and O–H groups in total. The van der Waals surface area contributed by atoms with Gasteiger partial charge in [0.15, 0.2) is 0 Å². The van der Waals surface area contributed by atoms with Crippen molar-refractivity contribution in [2.75, 3.05) is 14.2 Å². The summed E-state index contributed by atoms with van der Waals surface area (Å²) in [6.45, 7) is 7.20. The summed E-state index contributed by atoms with van der Waals surface area (Å²) < 4.78 is 6.19. The standard InChI is InChI=1S/C13H23IN2O4/c1-9(14)7-8-10(11(17)16(5)19-6)15-12(18)20-13(2,3)4/h7,10H,8H2,1-6H3,(H,15,18)/b9-7-/t10-/m0/s1. The minimum absolute atomic E-state index is 0.341. The van der Waals surface area contributed by atoms with Gasteiger partial charge in [0, 0.05) is 7.05 Å². The molecule has 2 amide bonds. The number of nitrogens with zero attached hydrogens (tertiary/aromatic N) is 1. The smallest absolute Gasteiger partial charge is 0.408 e. The Bertz CT molecular complexity index is 373. The van der Waals surface area contributed by atoms with Crippen LogP contribution in [0.25, 0.3) is 0 Å². The fourth-order valence-electron chi connectivity index (χ4n) is 1.26. The number of carbonyl (C=O) groups is 2. The van der Waals surface area contributed by atoms with E-state index in [4.69, 9.17) is 9.57 Å². The monoisotopic (exact) mass is 398 g/mol. The van der Waals surface area contributed by atoms with Crippen LogP contribution < -0.4 is 5.32 Å². The van der Waals surface area contributed by atoms with E-state index < -0.39 is 17.7 Å². The molecule has 0 aromatic carbocycles. The second-order valence-corrected chi connectivity index (χ2v) is 6.95. The molecule has 20 heavy (non-hydrogen) atoms. The van der Waals surface area contributed by atoms with E-state index >= 15 is 0 Å². The van der Waals surface area contributed by atoms with Crippen LogP contribution in [0.1, 0.15) is 34.1 Å². The molecule has 0 aromatic rings. The second-order valence-electron chi connectivity index (χ2n) is 5.24. The lowest BCUT2D eigenvalue weighted by molar-refractivity contribution is -0.170. The van der Waals surface area contributed by atoms with E-state index in [0.29, 0.717) is 6.42 Å². The van der Waals surface area contributed by atoms with Crippen molar-refractivity contribution in [1.82, 2.24) is 10.4 Å². The Labute approximate surface area is 134 Å². The topological polar surface area (TPSA) is 67.9 Å². The molecule has 0 aliphatic rings. The Morgan fingerprint density at radius 2 is 1.95 bits per heavy atom. The Hall–Kier alpha value is -0.830. The predicted octanol–water partition coefficient (Wildman–Crippen LogP) is 2.63. The highest BCUT2D eigenvalue weighted by Crippen LogP contribution is 2.10. The molecule has 1 atom stereocenters. The minimum atomic E-state index is -0.723. The molecule has 0 rings (SSSR count). The summed E-state index contributed by atoms with van der Waals surface area (Å²) in [6, 6.07) is -0.723. The molecule has 0 saturated heterocycles. The van der Waals surface area contributed by atoms with Crippen molar-refractivity contribution in [3.63, 3.8) is 0 Å². The van der Waals surface area contributed by atoms with Gasteiger partial charge in [0.1, 0.15) is 11.6 Å². The molecular formula is C13H23IN2O4. The third-order valence-electron chi connectivity index (χ3n) is 2.21. The lowest BCUT2D eigenvalue weighted by Gasteiger charge is -2.24. The van der Waals surface area contributed by atoms with Crippen LogP contribution in [-0.4, -0.2) is 42.9 Å². The van der Waals surface area contributed by atoms with Crippen LogP contribution in [0.3, 0.4) is 0 Å². The number of hydrogen-bond acceptors (Lipinski definition) is 4. The lowest BCUT2D eigenvalue weighted by atomic mass is 10.2. The maximum Gasteiger partial charge on any atom is 0.408 e. The third kappa shape index (κ3) is 8.36. The number of allylic oxidation sites excluding steroid dienone is 1. The Morgan fingerprint density at radius 3 is 2.35 bits per heavy atom. The molecular weight excluding hydrogens is 375 g/mol. The highest BCUT2D eigenvalue weighted by Gasteiger charge is 2.26. The first kappa shape index (κ1) is 19.2. The largest absolute Gasteiger partial charge is 0.444 e. The molecule has 0 aliphatic carbocycles. The predicted molar refractivity (Wildman–Crippen MR) is 85.3 cm³/mol. The molecule has 0 radical (unpaired) electrons. The number of nitrogens with one attached hydrogen (secondary N) is 1. The van der Waals surface area contributed by atoms with Gasteiger partial charge < -0.3 is 10.1 Å². The van der Waals surface area contributed by atoms with Gasteiger partial charge in [-0.05, 0) is 60.3 Å². The summed E-state index contributed by atoms with van der Waals surface area (Å²) in [7, 11) is 2.88. The minimum Gasteiger partial charge on any atom is -0.444 e. The summed E-state index contributed by atoms with van der Waals surface area (Å²) in [5.41, 5.74) is -0.611. The fraction of sp³-hybridized carbons (Fsp3) is 0.692. The van der Waals surface area contributed by atoms with Gasteiger partial charge in [-0.25, -0.2) is 9.86 Å².